The van der Waals surface area contributed by atoms with Crippen LogP contribution in [0.4, 0.5) is 0 Å². The Labute approximate surface area is 115 Å². The standard InChI is InChI=1S/C15H10ClNO2/c16-14-6-3-11(8-15(14)19)12(9-17)7-10-1-4-13(18)5-2-10/h1-8,18-19H. The smallest absolute Gasteiger partial charge is 0.134 e. The predicted octanol–water partition coefficient (Wildman–Crippen LogP) is 3.82. The van der Waals surface area contributed by atoms with Gasteiger partial charge in [0.15, 0.2) is 0 Å². The molecule has 0 radical (unpaired) electrons. The van der Waals surface area contributed by atoms with Crippen LogP contribution in [0.2, 0.25) is 5.02 Å². The molecule has 0 spiro atoms. The summed E-state index contributed by atoms with van der Waals surface area (Å²) in [5, 5.41) is 28.2. The van der Waals surface area contributed by atoms with Crippen molar-refractivity contribution in [2.75, 3.05) is 0 Å². The normalized spacial score (nSPS) is 11.1. The minimum absolute atomic E-state index is 0.0639. The van der Waals surface area contributed by atoms with Crippen molar-refractivity contribution in [3.63, 3.8) is 0 Å². The third-order valence-corrected chi connectivity index (χ3v) is 2.90. The monoisotopic (exact) mass is 271 g/mol. The van der Waals surface area contributed by atoms with Crippen LogP contribution in [-0.2, 0) is 0 Å². The van der Waals surface area contributed by atoms with Crippen LogP contribution in [0.1, 0.15) is 11.1 Å². The van der Waals surface area contributed by atoms with E-state index < -0.39 is 0 Å². The molecule has 0 heterocycles. The van der Waals surface area contributed by atoms with Crippen LogP contribution in [0, 0.1) is 11.3 Å². The lowest BCUT2D eigenvalue weighted by molar-refractivity contribution is 0.475. The van der Waals surface area contributed by atoms with Gasteiger partial charge in [-0.3, -0.25) is 0 Å². The van der Waals surface area contributed by atoms with E-state index in [-0.39, 0.29) is 16.5 Å². The third kappa shape index (κ3) is 3.06. The molecule has 0 fully saturated rings. The van der Waals surface area contributed by atoms with Gasteiger partial charge in [-0.2, -0.15) is 5.26 Å². The second kappa shape index (κ2) is 5.47. The van der Waals surface area contributed by atoms with Crippen LogP contribution in [0.25, 0.3) is 11.6 Å². The van der Waals surface area contributed by atoms with Gasteiger partial charge in [-0.25, -0.2) is 0 Å². The van der Waals surface area contributed by atoms with Gasteiger partial charge >= 0.3 is 0 Å². The van der Waals surface area contributed by atoms with Gasteiger partial charge in [-0.15, -0.1) is 0 Å². The van der Waals surface area contributed by atoms with E-state index in [0.29, 0.717) is 11.1 Å². The first-order valence-electron chi connectivity index (χ1n) is 5.50. The summed E-state index contributed by atoms with van der Waals surface area (Å²) in [5.41, 5.74) is 1.76. The molecule has 0 aliphatic heterocycles. The molecule has 0 aromatic heterocycles. The third-order valence-electron chi connectivity index (χ3n) is 2.58. The quantitative estimate of drug-likeness (QED) is 0.645. The molecule has 3 nitrogen and oxygen atoms in total. The maximum absolute atomic E-state index is 9.55. The van der Waals surface area contributed by atoms with Gasteiger partial charge in [0.1, 0.15) is 11.5 Å². The summed E-state index contributed by atoms with van der Waals surface area (Å²) in [6, 6.07) is 13.2. The molecule has 2 N–H and O–H groups in total. The zero-order valence-electron chi connectivity index (χ0n) is 9.84. The van der Waals surface area contributed by atoms with E-state index in [1.165, 1.54) is 12.1 Å². The Hall–Kier alpha value is -2.44. The van der Waals surface area contributed by atoms with Crippen molar-refractivity contribution in [1.82, 2.24) is 0 Å². The van der Waals surface area contributed by atoms with Crippen LogP contribution < -0.4 is 0 Å². The number of nitrogens with zero attached hydrogens (tertiary/aromatic N) is 1. The molecule has 0 atom stereocenters. The van der Waals surface area contributed by atoms with Gasteiger partial charge in [0.05, 0.1) is 16.7 Å². The van der Waals surface area contributed by atoms with Crippen molar-refractivity contribution in [2.45, 2.75) is 0 Å². The average Bonchev–Trinajstić information content (AvgIpc) is 2.41. The fraction of sp³-hybridized carbons (Fsp3) is 0. The Morgan fingerprint density at radius 2 is 1.79 bits per heavy atom. The van der Waals surface area contributed by atoms with Gasteiger partial charge in [0.2, 0.25) is 0 Å². The second-order valence-corrected chi connectivity index (χ2v) is 4.33. The van der Waals surface area contributed by atoms with Crippen LogP contribution in [0.15, 0.2) is 42.5 Å². The lowest BCUT2D eigenvalue weighted by atomic mass is 10.0. The first kappa shape index (κ1) is 13.0. The Bertz CT molecular complexity index is 670. The summed E-state index contributed by atoms with van der Waals surface area (Å²) in [4.78, 5) is 0. The van der Waals surface area contributed by atoms with Gasteiger partial charge in [0.25, 0.3) is 0 Å². The summed E-state index contributed by atoms with van der Waals surface area (Å²) in [6.45, 7) is 0. The number of phenolic OH excluding ortho intramolecular Hbond substituents is 2. The number of hydrogen-bond donors (Lipinski definition) is 2. The van der Waals surface area contributed by atoms with Crippen molar-refractivity contribution in [2.24, 2.45) is 0 Å². The number of nitriles is 1. The highest BCUT2D eigenvalue weighted by Crippen LogP contribution is 2.28. The zero-order chi connectivity index (χ0) is 13.8. The van der Waals surface area contributed by atoms with E-state index in [0.717, 1.165) is 5.56 Å². The molecule has 0 amide bonds. The van der Waals surface area contributed by atoms with E-state index >= 15 is 0 Å². The number of rotatable bonds is 2. The maximum Gasteiger partial charge on any atom is 0.134 e. The minimum atomic E-state index is -0.0639. The van der Waals surface area contributed by atoms with Gasteiger partial charge < -0.3 is 10.2 Å². The number of halogens is 1. The van der Waals surface area contributed by atoms with Crippen LogP contribution in [0.5, 0.6) is 11.5 Å². The minimum Gasteiger partial charge on any atom is -0.508 e. The molecule has 0 aliphatic carbocycles. The maximum atomic E-state index is 9.55. The molecule has 0 saturated heterocycles. The van der Waals surface area contributed by atoms with Crippen molar-refractivity contribution < 1.29 is 10.2 Å². The molecule has 19 heavy (non-hydrogen) atoms. The van der Waals surface area contributed by atoms with Crippen LogP contribution in [0.3, 0.4) is 0 Å². The lowest BCUT2D eigenvalue weighted by Gasteiger charge is -2.02. The molecular weight excluding hydrogens is 262 g/mol. The topological polar surface area (TPSA) is 64.2 Å². The highest BCUT2D eigenvalue weighted by atomic mass is 35.5. The van der Waals surface area contributed by atoms with E-state index in [2.05, 4.69) is 6.07 Å². The number of benzene rings is 2. The molecule has 94 valence electrons. The van der Waals surface area contributed by atoms with Crippen molar-refractivity contribution in [3.8, 4) is 17.6 Å². The molecule has 4 heteroatoms. The Kier molecular flexibility index (Phi) is 3.74. The summed E-state index contributed by atoms with van der Waals surface area (Å²) >= 11 is 5.73. The summed E-state index contributed by atoms with van der Waals surface area (Å²) < 4.78 is 0. The Balaban J connectivity index is 2.42. The predicted molar refractivity (Wildman–Crippen MR) is 74.7 cm³/mol. The van der Waals surface area contributed by atoms with Crippen molar-refractivity contribution >= 4 is 23.3 Å². The lowest BCUT2D eigenvalue weighted by Crippen LogP contribution is -1.82. The number of phenols is 2. The highest BCUT2D eigenvalue weighted by Gasteiger charge is 2.05. The van der Waals surface area contributed by atoms with Crippen LogP contribution >= 0.6 is 11.6 Å². The van der Waals surface area contributed by atoms with Crippen LogP contribution in [-0.4, -0.2) is 10.2 Å². The first-order valence-corrected chi connectivity index (χ1v) is 5.87. The zero-order valence-corrected chi connectivity index (χ0v) is 10.6. The fourth-order valence-electron chi connectivity index (χ4n) is 1.60. The van der Waals surface area contributed by atoms with Gasteiger partial charge in [-0.1, -0.05) is 29.8 Å². The Morgan fingerprint density at radius 1 is 1.11 bits per heavy atom. The van der Waals surface area contributed by atoms with Crippen molar-refractivity contribution in [3.05, 3.63) is 58.6 Å². The molecule has 2 aromatic rings. The van der Waals surface area contributed by atoms with Crippen molar-refractivity contribution in [1.29, 1.82) is 5.26 Å². The number of aromatic hydroxyl groups is 2. The SMILES string of the molecule is N#CC(=Cc1ccc(O)cc1)c1ccc(Cl)c(O)c1. The Morgan fingerprint density at radius 3 is 2.37 bits per heavy atom. The molecule has 0 bridgehead atoms. The highest BCUT2D eigenvalue weighted by molar-refractivity contribution is 6.32. The summed E-state index contributed by atoms with van der Waals surface area (Å²) in [6.07, 6.45) is 1.67. The molecule has 0 saturated carbocycles. The fourth-order valence-corrected chi connectivity index (χ4v) is 1.72. The molecular formula is C15H10ClNO2. The van der Waals surface area contributed by atoms with Gasteiger partial charge in [-0.05, 0) is 41.5 Å². The van der Waals surface area contributed by atoms with E-state index in [4.69, 9.17) is 11.6 Å². The largest absolute Gasteiger partial charge is 0.508 e. The number of hydrogen-bond acceptors (Lipinski definition) is 3. The second-order valence-electron chi connectivity index (χ2n) is 3.93. The molecule has 0 unspecified atom stereocenters. The molecule has 2 rings (SSSR count). The molecule has 0 aliphatic rings. The first-order chi connectivity index (χ1) is 9.10. The summed E-state index contributed by atoms with van der Waals surface area (Å²) in [5.74, 6) is 0.103. The molecule has 2 aromatic carbocycles. The van der Waals surface area contributed by atoms with E-state index in [9.17, 15) is 15.5 Å². The summed E-state index contributed by atoms with van der Waals surface area (Å²) in [7, 11) is 0. The average molecular weight is 272 g/mol. The number of allylic oxidation sites excluding steroid dienone is 1. The van der Waals surface area contributed by atoms with E-state index in [1.807, 2.05) is 0 Å². The van der Waals surface area contributed by atoms with E-state index in [1.54, 1.807) is 36.4 Å². The van der Waals surface area contributed by atoms with Gasteiger partial charge in [0, 0.05) is 0 Å².